The smallest absolute Gasteiger partial charge is 0.296 e. The minimum absolute atomic E-state index is 0.0106. The summed E-state index contributed by atoms with van der Waals surface area (Å²) in [6.07, 6.45) is 1.50. The van der Waals surface area contributed by atoms with Crippen LogP contribution in [-0.4, -0.2) is 38.1 Å². The third-order valence-electron chi connectivity index (χ3n) is 5.57. The second-order valence-electron chi connectivity index (χ2n) is 7.94. The van der Waals surface area contributed by atoms with Crippen molar-refractivity contribution < 1.29 is 23.1 Å². The van der Waals surface area contributed by atoms with Crippen LogP contribution in [0.3, 0.4) is 0 Å². The van der Waals surface area contributed by atoms with Gasteiger partial charge in [-0.15, -0.1) is 5.10 Å². The fourth-order valence-electron chi connectivity index (χ4n) is 3.49. The molecule has 1 amide bonds. The quantitative estimate of drug-likeness (QED) is 0.339. The molecule has 1 atom stereocenters. The number of carbonyl (C=O) groups is 1. The van der Waals surface area contributed by atoms with Crippen molar-refractivity contribution in [3.05, 3.63) is 81.7 Å². The van der Waals surface area contributed by atoms with E-state index in [0.717, 1.165) is 6.92 Å². The van der Waals surface area contributed by atoms with Gasteiger partial charge in [0.2, 0.25) is 5.95 Å². The van der Waals surface area contributed by atoms with E-state index in [1.807, 2.05) is 5.32 Å². The molecule has 4 N–H and O–H groups in total. The lowest BCUT2D eigenvalue weighted by Gasteiger charge is -2.33. The van der Waals surface area contributed by atoms with E-state index in [0.29, 0.717) is 16.2 Å². The number of nitrogen functional groups attached to an aromatic ring is 1. The lowest BCUT2D eigenvalue weighted by Crippen LogP contribution is -2.50. The summed E-state index contributed by atoms with van der Waals surface area (Å²) in [7, 11) is 0. The zero-order valence-corrected chi connectivity index (χ0v) is 19.6. The summed E-state index contributed by atoms with van der Waals surface area (Å²) < 4.78 is 46.6. The molecule has 2 aromatic carbocycles. The summed E-state index contributed by atoms with van der Waals surface area (Å²) in [5, 5.41) is 16.4. The zero-order valence-electron chi connectivity index (χ0n) is 18.1. The van der Waals surface area contributed by atoms with E-state index < -0.39 is 35.4 Å². The Bertz CT molecular complexity index is 1420. The summed E-state index contributed by atoms with van der Waals surface area (Å²) in [6.45, 7) is -0.379. The van der Waals surface area contributed by atoms with Gasteiger partial charge in [-0.2, -0.15) is 4.98 Å². The molecule has 0 saturated carbocycles. The lowest BCUT2D eigenvalue weighted by molar-refractivity contribution is -0.173. The Hall–Kier alpha value is -3.34. The highest BCUT2D eigenvalue weighted by molar-refractivity contribution is 6.34. The molecule has 0 radical (unpaired) electrons. The highest BCUT2D eigenvalue weighted by Gasteiger charge is 2.50. The molecule has 2 heterocycles. The first-order chi connectivity index (χ1) is 16.4. The van der Waals surface area contributed by atoms with E-state index >= 15 is 4.39 Å². The van der Waals surface area contributed by atoms with Gasteiger partial charge in [-0.05, 0) is 54.4 Å². The number of hydrogen-bond donors (Lipinski definition) is 3. The van der Waals surface area contributed by atoms with Crippen molar-refractivity contribution in [2.24, 2.45) is 0 Å². The molecule has 182 valence electrons. The van der Waals surface area contributed by atoms with Crippen LogP contribution >= 0.6 is 23.2 Å². The standard InChI is InChI=1S/C23H18Cl2F3N5O2/c1-22(35,13-2-4-14(24)5-3-13)23(27,28)11-30-20(34)18-16(25)7-6-15(19(18)26)12-8-9-33-17(10-12)31-21(29)32-33/h2-10,35H,11H2,1H3,(H2,29,32)(H,30,34)/t22-/m1/s1. The topological polar surface area (TPSA) is 106 Å². The number of benzene rings is 2. The van der Waals surface area contributed by atoms with Gasteiger partial charge in [0, 0.05) is 16.8 Å². The van der Waals surface area contributed by atoms with Gasteiger partial charge in [0.1, 0.15) is 5.82 Å². The van der Waals surface area contributed by atoms with Gasteiger partial charge in [0.25, 0.3) is 11.8 Å². The SMILES string of the molecule is C[C@@](O)(c1ccc(Cl)cc1)C(F)(F)CNC(=O)c1c(Cl)ccc(-c2ccn3nc(N)nc3c2)c1F. The molecular formula is C23H18Cl2F3N5O2. The number of nitrogens with two attached hydrogens (primary N) is 1. The monoisotopic (exact) mass is 523 g/mol. The van der Waals surface area contributed by atoms with Crippen LogP contribution in [0.1, 0.15) is 22.8 Å². The van der Waals surface area contributed by atoms with E-state index in [9.17, 15) is 18.7 Å². The molecule has 4 aromatic rings. The summed E-state index contributed by atoms with van der Waals surface area (Å²) in [5.74, 6) is -5.99. The molecule has 0 aliphatic rings. The Morgan fingerprint density at radius 3 is 2.54 bits per heavy atom. The molecule has 0 spiro atoms. The van der Waals surface area contributed by atoms with Crippen molar-refractivity contribution in [1.29, 1.82) is 0 Å². The van der Waals surface area contributed by atoms with Crippen LogP contribution in [0.2, 0.25) is 10.0 Å². The van der Waals surface area contributed by atoms with Crippen molar-refractivity contribution in [2.75, 3.05) is 12.3 Å². The molecule has 7 nitrogen and oxygen atoms in total. The number of amides is 1. The number of aromatic nitrogens is 3. The van der Waals surface area contributed by atoms with E-state index in [-0.39, 0.29) is 22.1 Å². The van der Waals surface area contributed by atoms with Crippen molar-refractivity contribution in [2.45, 2.75) is 18.4 Å². The minimum Gasteiger partial charge on any atom is -0.379 e. The number of aliphatic hydroxyl groups is 1. The summed E-state index contributed by atoms with van der Waals surface area (Å²) in [4.78, 5) is 16.7. The second kappa shape index (κ2) is 9.03. The molecule has 0 aliphatic carbocycles. The van der Waals surface area contributed by atoms with Gasteiger partial charge >= 0.3 is 0 Å². The van der Waals surface area contributed by atoms with E-state index in [2.05, 4.69) is 10.1 Å². The van der Waals surface area contributed by atoms with Gasteiger partial charge in [0.05, 0.1) is 17.1 Å². The Kier molecular flexibility index (Phi) is 6.39. The molecule has 2 aromatic heterocycles. The van der Waals surface area contributed by atoms with Crippen LogP contribution in [0.5, 0.6) is 0 Å². The first-order valence-corrected chi connectivity index (χ1v) is 10.9. The van der Waals surface area contributed by atoms with Crippen molar-refractivity contribution in [3.8, 4) is 11.1 Å². The third-order valence-corrected chi connectivity index (χ3v) is 6.14. The second-order valence-corrected chi connectivity index (χ2v) is 8.78. The van der Waals surface area contributed by atoms with Crippen molar-refractivity contribution in [3.63, 3.8) is 0 Å². The largest absolute Gasteiger partial charge is 0.379 e. The van der Waals surface area contributed by atoms with Crippen LogP contribution in [0.25, 0.3) is 16.8 Å². The number of halogens is 5. The molecule has 0 saturated heterocycles. The molecule has 0 unspecified atom stereocenters. The molecule has 35 heavy (non-hydrogen) atoms. The highest BCUT2D eigenvalue weighted by atomic mass is 35.5. The van der Waals surface area contributed by atoms with E-state index in [4.69, 9.17) is 28.9 Å². The first-order valence-electron chi connectivity index (χ1n) is 10.2. The molecule has 4 rings (SSSR count). The van der Waals surface area contributed by atoms with Crippen LogP contribution < -0.4 is 11.1 Å². The van der Waals surface area contributed by atoms with Crippen molar-refractivity contribution >= 4 is 40.7 Å². The number of nitrogens with one attached hydrogen (secondary N) is 1. The predicted octanol–water partition coefficient (Wildman–Crippen LogP) is 4.70. The van der Waals surface area contributed by atoms with Crippen LogP contribution in [0.4, 0.5) is 19.1 Å². The molecular weight excluding hydrogens is 506 g/mol. The van der Waals surface area contributed by atoms with Crippen LogP contribution in [-0.2, 0) is 5.60 Å². The van der Waals surface area contributed by atoms with Crippen molar-refractivity contribution in [1.82, 2.24) is 19.9 Å². The molecule has 0 bridgehead atoms. The summed E-state index contributed by atoms with van der Waals surface area (Å²) >= 11 is 11.8. The maximum atomic E-state index is 15.4. The van der Waals surface area contributed by atoms with Gasteiger partial charge in [-0.3, -0.25) is 4.79 Å². The maximum Gasteiger partial charge on any atom is 0.296 e. The summed E-state index contributed by atoms with van der Waals surface area (Å²) in [6, 6.07) is 10.8. The molecule has 0 aliphatic heterocycles. The highest BCUT2D eigenvalue weighted by Crippen LogP contribution is 2.38. The van der Waals surface area contributed by atoms with Gasteiger partial charge in [-0.1, -0.05) is 35.3 Å². The number of alkyl halides is 2. The molecule has 12 heteroatoms. The lowest BCUT2D eigenvalue weighted by atomic mass is 9.89. The Labute approximate surface area is 207 Å². The maximum absolute atomic E-state index is 15.4. The minimum atomic E-state index is -3.82. The number of hydrogen-bond acceptors (Lipinski definition) is 5. The Balaban J connectivity index is 1.60. The Morgan fingerprint density at radius 1 is 1.17 bits per heavy atom. The number of fused-ring (bicyclic) bond motifs is 1. The van der Waals surface area contributed by atoms with Gasteiger partial charge in [0.15, 0.2) is 11.2 Å². The first kappa shape index (κ1) is 24.8. The zero-order chi connectivity index (χ0) is 25.5. The van der Waals surface area contributed by atoms with Gasteiger partial charge < -0.3 is 16.2 Å². The third kappa shape index (κ3) is 4.64. The summed E-state index contributed by atoms with van der Waals surface area (Å²) in [5.41, 5.74) is 2.85. The molecule has 0 fully saturated rings. The average Bonchev–Trinajstić information content (AvgIpc) is 3.17. The van der Waals surface area contributed by atoms with Gasteiger partial charge in [-0.25, -0.2) is 17.7 Å². The Morgan fingerprint density at radius 2 is 1.86 bits per heavy atom. The fraction of sp³-hybridized carbons (Fsp3) is 0.174. The predicted molar refractivity (Wildman–Crippen MR) is 126 cm³/mol. The normalized spacial score (nSPS) is 13.6. The van der Waals surface area contributed by atoms with E-state index in [1.54, 1.807) is 0 Å². The number of pyridine rings is 1. The fourth-order valence-corrected chi connectivity index (χ4v) is 3.85. The van der Waals surface area contributed by atoms with Crippen LogP contribution in [0.15, 0.2) is 54.7 Å². The number of anilines is 1. The average molecular weight is 524 g/mol. The number of carbonyl (C=O) groups excluding carboxylic acids is 1. The van der Waals surface area contributed by atoms with E-state index in [1.165, 1.54) is 59.2 Å². The number of nitrogens with zero attached hydrogens (tertiary/aromatic N) is 3. The number of rotatable bonds is 6. The van der Waals surface area contributed by atoms with Crippen LogP contribution in [0, 0.1) is 5.82 Å².